The van der Waals surface area contributed by atoms with Gasteiger partial charge in [0.2, 0.25) is 0 Å². The van der Waals surface area contributed by atoms with Gasteiger partial charge in [0.05, 0.1) is 0 Å². The lowest BCUT2D eigenvalue weighted by Crippen LogP contribution is -2.31. The summed E-state index contributed by atoms with van der Waals surface area (Å²) in [5.74, 6) is -0.344. The van der Waals surface area contributed by atoms with Crippen LogP contribution in [0.3, 0.4) is 0 Å². The Morgan fingerprint density at radius 3 is 2.63 bits per heavy atom. The number of fused-ring (bicyclic) bond motifs is 1. The van der Waals surface area contributed by atoms with Crippen LogP contribution in [0.2, 0.25) is 0 Å². The normalized spacial score (nSPS) is 14.8. The van der Waals surface area contributed by atoms with Gasteiger partial charge >= 0.3 is 0 Å². The molecule has 2 N–H and O–H groups in total. The number of hydrogen-bond donors (Lipinski definition) is 2. The summed E-state index contributed by atoms with van der Waals surface area (Å²) >= 11 is 0. The van der Waals surface area contributed by atoms with Gasteiger partial charge in [-0.3, -0.25) is 14.5 Å². The lowest BCUT2D eigenvalue weighted by atomic mass is 10.1. The maximum atomic E-state index is 11.4. The van der Waals surface area contributed by atoms with Crippen LogP contribution in [0.4, 0.5) is 0 Å². The van der Waals surface area contributed by atoms with Crippen molar-refractivity contribution < 1.29 is 14.7 Å². The lowest BCUT2D eigenvalue weighted by molar-refractivity contribution is -0.136. The number of phenolic OH excluding ortho intramolecular Hbond substituents is 1. The van der Waals surface area contributed by atoms with Crippen molar-refractivity contribution >= 4 is 22.7 Å². The summed E-state index contributed by atoms with van der Waals surface area (Å²) in [4.78, 5) is 27.2. The zero-order chi connectivity index (χ0) is 13.4. The summed E-state index contributed by atoms with van der Waals surface area (Å²) in [6.07, 6.45) is 4.96. The van der Waals surface area contributed by atoms with Crippen LogP contribution in [0.5, 0.6) is 5.75 Å². The van der Waals surface area contributed by atoms with E-state index in [-0.39, 0.29) is 17.6 Å². The zero-order valence-corrected chi connectivity index (χ0v) is 10.1. The number of hydrogen-bond acceptors (Lipinski definition) is 3. The highest BCUT2D eigenvalue weighted by atomic mass is 16.3. The van der Waals surface area contributed by atoms with Crippen LogP contribution in [-0.2, 0) is 16.0 Å². The number of nitrogens with zero attached hydrogens (tertiary/aromatic N) is 1. The number of amides is 2. The molecule has 19 heavy (non-hydrogen) atoms. The summed E-state index contributed by atoms with van der Waals surface area (Å²) in [6.45, 7) is 0.341. The molecular formula is C14H12N2O3. The van der Waals surface area contributed by atoms with Crippen LogP contribution >= 0.6 is 0 Å². The van der Waals surface area contributed by atoms with E-state index in [1.54, 1.807) is 18.2 Å². The van der Waals surface area contributed by atoms with Crippen LogP contribution in [0.15, 0.2) is 36.5 Å². The Hall–Kier alpha value is -2.56. The second-order valence-electron chi connectivity index (χ2n) is 4.46. The third-order valence-electron chi connectivity index (χ3n) is 3.26. The van der Waals surface area contributed by atoms with E-state index in [9.17, 15) is 14.7 Å². The first-order valence-electron chi connectivity index (χ1n) is 5.97. The summed E-state index contributed by atoms with van der Waals surface area (Å²) in [5, 5.41) is 10.4. The highest BCUT2D eigenvalue weighted by molar-refractivity contribution is 6.12. The molecule has 1 aromatic carbocycles. The molecule has 0 bridgehead atoms. The number of H-pyrrole nitrogens is 1. The monoisotopic (exact) mass is 256 g/mol. The first-order valence-corrected chi connectivity index (χ1v) is 5.97. The van der Waals surface area contributed by atoms with Gasteiger partial charge in [-0.2, -0.15) is 0 Å². The molecule has 0 spiro atoms. The second-order valence-corrected chi connectivity index (χ2v) is 4.46. The minimum absolute atomic E-state index is 0.198. The SMILES string of the molecule is O=C1C=CC(=O)N1CCc1c[nH]c2ccc(O)cc12. The Morgan fingerprint density at radius 1 is 1.16 bits per heavy atom. The molecule has 5 nitrogen and oxygen atoms in total. The molecule has 2 heterocycles. The van der Waals surface area contributed by atoms with Gasteiger partial charge in [-0.1, -0.05) is 0 Å². The number of aromatic amines is 1. The summed E-state index contributed by atoms with van der Waals surface area (Å²) in [6, 6.07) is 5.08. The minimum atomic E-state index is -0.271. The highest BCUT2D eigenvalue weighted by Crippen LogP contribution is 2.23. The number of aromatic nitrogens is 1. The van der Waals surface area contributed by atoms with Crippen LogP contribution in [0.25, 0.3) is 10.9 Å². The number of imide groups is 1. The maximum Gasteiger partial charge on any atom is 0.253 e. The fourth-order valence-corrected chi connectivity index (χ4v) is 2.26. The van der Waals surface area contributed by atoms with Crippen LogP contribution in [0.1, 0.15) is 5.56 Å². The van der Waals surface area contributed by atoms with Crippen molar-refractivity contribution in [3.05, 3.63) is 42.1 Å². The van der Waals surface area contributed by atoms with E-state index < -0.39 is 0 Å². The Balaban J connectivity index is 1.81. The smallest absolute Gasteiger partial charge is 0.253 e. The van der Waals surface area contributed by atoms with Gasteiger partial charge in [-0.15, -0.1) is 0 Å². The standard InChI is InChI=1S/C14H12N2O3/c17-10-1-2-12-11(7-10)9(8-15-12)5-6-16-13(18)3-4-14(16)19/h1-4,7-8,15,17H,5-6H2. The predicted octanol–water partition coefficient (Wildman–Crippen LogP) is 1.34. The second kappa shape index (κ2) is 4.28. The third-order valence-corrected chi connectivity index (χ3v) is 3.26. The molecule has 0 fully saturated rings. The fraction of sp³-hybridized carbons (Fsp3) is 0.143. The van der Waals surface area contributed by atoms with E-state index in [2.05, 4.69) is 4.98 Å². The quantitative estimate of drug-likeness (QED) is 0.814. The average molecular weight is 256 g/mol. The van der Waals surface area contributed by atoms with Crippen molar-refractivity contribution in [2.24, 2.45) is 0 Å². The molecule has 0 atom stereocenters. The number of aromatic hydroxyl groups is 1. The molecule has 0 saturated heterocycles. The number of carbonyl (C=O) groups is 2. The number of rotatable bonds is 3. The minimum Gasteiger partial charge on any atom is -0.508 e. The van der Waals surface area contributed by atoms with Gasteiger partial charge < -0.3 is 10.1 Å². The average Bonchev–Trinajstić information content (AvgIpc) is 2.92. The Bertz CT molecular complexity index is 682. The number of carbonyl (C=O) groups excluding carboxylic acids is 2. The van der Waals surface area contributed by atoms with Crippen molar-refractivity contribution in [1.29, 1.82) is 0 Å². The Kier molecular flexibility index (Phi) is 2.59. The number of benzene rings is 1. The number of phenols is 1. The molecule has 5 heteroatoms. The van der Waals surface area contributed by atoms with Crippen molar-refractivity contribution in [3.8, 4) is 5.75 Å². The van der Waals surface area contributed by atoms with Gasteiger partial charge in [0.25, 0.3) is 11.8 Å². The van der Waals surface area contributed by atoms with Crippen molar-refractivity contribution in [3.63, 3.8) is 0 Å². The largest absolute Gasteiger partial charge is 0.508 e. The van der Waals surface area contributed by atoms with E-state index in [0.717, 1.165) is 16.5 Å². The zero-order valence-electron chi connectivity index (χ0n) is 10.1. The molecule has 3 rings (SSSR count). The molecule has 1 aliphatic rings. The van der Waals surface area contributed by atoms with Crippen LogP contribution < -0.4 is 0 Å². The van der Waals surface area contributed by atoms with Gasteiger partial charge in [-0.05, 0) is 30.2 Å². The van der Waals surface area contributed by atoms with Crippen molar-refractivity contribution in [2.75, 3.05) is 6.54 Å². The molecule has 0 radical (unpaired) electrons. The molecule has 0 aliphatic carbocycles. The fourth-order valence-electron chi connectivity index (χ4n) is 2.26. The molecule has 2 aromatic rings. The molecular weight excluding hydrogens is 244 g/mol. The van der Waals surface area contributed by atoms with E-state index in [0.29, 0.717) is 13.0 Å². The Morgan fingerprint density at radius 2 is 1.89 bits per heavy atom. The summed E-state index contributed by atoms with van der Waals surface area (Å²) < 4.78 is 0. The van der Waals surface area contributed by atoms with E-state index >= 15 is 0 Å². The van der Waals surface area contributed by atoms with Crippen LogP contribution in [-0.4, -0.2) is 33.3 Å². The predicted molar refractivity (Wildman–Crippen MR) is 69.5 cm³/mol. The van der Waals surface area contributed by atoms with Crippen LogP contribution in [0, 0.1) is 0 Å². The van der Waals surface area contributed by atoms with Gasteiger partial charge in [-0.25, -0.2) is 0 Å². The van der Waals surface area contributed by atoms with E-state index in [1.807, 2.05) is 6.20 Å². The van der Waals surface area contributed by atoms with E-state index in [4.69, 9.17) is 0 Å². The van der Waals surface area contributed by atoms with Gasteiger partial charge in [0.1, 0.15) is 5.75 Å². The molecule has 0 unspecified atom stereocenters. The third kappa shape index (κ3) is 1.99. The van der Waals surface area contributed by atoms with Crippen molar-refractivity contribution in [1.82, 2.24) is 9.88 Å². The van der Waals surface area contributed by atoms with Gasteiger partial charge in [0, 0.05) is 35.8 Å². The molecule has 96 valence electrons. The maximum absolute atomic E-state index is 11.4. The first kappa shape index (κ1) is 11.5. The lowest BCUT2D eigenvalue weighted by Gasteiger charge is -2.12. The molecule has 1 aliphatic heterocycles. The van der Waals surface area contributed by atoms with E-state index in [1.165, 1.54) is 17.1 Å². The molecule has 1 aromatic heterocycles. The topological polar surface area (TPSA) is 73.4 Å². The highest BCUT2D eigenvalue weighted by Gasteiger charge is 2.22. The van der Waals surface area contributed by atoms with Crippen molar-refractivity contribution in [2.45, 2.75) is 6.42 Å². The summed E-state index contributed by atoms with van der Waals surface area (Å²) in [5.41, 5.74) is 1.89. The molecule has 2 amide bonds. The van der Waals surface area contributed by atoms with Gasteiger partial charge in [0.15, 0.2) is 0 Å². The Labute approximate surface area is 109 Å². The molecule has 0 saturated carbocycles. The number of nitrogens with one attached hydrogen (secondary N) is 1. The summed E-state index contributed by atoms with van der Waals surface area (Å²) in [7, 11) is 0. The first-order chi connectivity index (χ1) is 9.15.